The first-order chi connectivity index (χ1) is 11.3. The average Bonchev–Trinajstić information content (AvgIpc) is 3.01. The second-order valence-electron chi connectivity index (χ2n) is 5.91. The number of rotatable bonds is 4. The second kappa shape index (κ2) is 5.82. The number of aryl methyl sites for hydroxylation is 1. The van der Waals surface area contributed by atoms with Crippen molar-refractivity contribution in [2.24, 2.45) is 5.92 Å². The van der Waals surface area contributed by atoms with Crippen LogP contribution in [0.15, 0.2) is 42.7 Å². The van der Waals surface area contributed by atoms with Gasteiger partial charge in [0.15, 0.2) is 5.65 Å². The van der Waals surface area contributed by atoms with Gasteiger partial charge in [0.2, 0.25) is 0 Å². The highest BCUT2D eigenvalue weighted by atomic mass is 16.5. The van der Waals surface area contributed by atoms with E-state index < -0.39 is 0 Å². The fourth-order valence-electron chi connectivity index (χ4n) is 2.87. The number of hydrogen-bond donors (Lipinski definition) is 0. The summed E-state index contributed by atoms with van der Waals surface area (Å²) in [7, 11) is 0. The smallest absolute Gasteiger partial charge is 0.156 e. The van der Waals surface area contributed by atoms with Gasteiger partial charge in [0.25, 0.3) is 0 Å². The minimum absolute atomic E-state index is 0.657. The lowest BCUT2D eigenvalue weighted by atomic mass is 9.97. The molecule has 0 unspecified atom stereocenters. The van der Waals surface area contributed by atoms with Crippen LogP contribution >= 0.6 is 0 Å². The fourth-order valence-corrected chi connectivity index (χ4v) is 2.87. The van der Waals surface area contributed by atoms with E-state index in [9.17, 15) is 0 Å². The van der Waals surface area contributed by atoms with Gasteiger partial charge in [-0.2, -0.15) is 10.4 Å². The quantitative estimate of drug-likeness (QED) is 0.743. The van der Waals surface area contributed by atoms with Crippen LogP contribution in [0.3, 0.4) is 0 Å². The predicted octanol–water partition coefficient (Wildman–Crippen LogP) is 2.85. The molecule has 0 radical (unpaired) electrons. The van der Waals surface area contributed by atoms with Crippen molar-refractivity contribution in [2.45, 2.75) is 12.8 Å². The number of nitriles is 1. The third kappa shape index (κ3) is 2.69. The molecule has 1 aromatic carbocycles. The molecule has 3 aromatic rings. The molecule has 1 fully saturated rings. The van der Waals surface area contributed by atoms with Crippen molar-refractivity contribution in [3.05, 3.63) is 53.9 Å². The van der Waals surface area contributed by atoms with E-state index in [-0.39, 0.29) is 0 Å². The Morgan fingerprint density at radius 3 is 2.74 bits per heavy atom. The predicted molar refractivity (Wildman–Crippen MR) is 85.8 cm³/mol. The highest BCUT2D eigenvalue weighted by Gasteiger charge is 2.18. The lowest BCUT2D eigenvalue weighted by Gasteiger charge is -2.25. The number of pyridine rings is 1. The Labute approximate surface area is 134 Å². The number of fused-ring (bicyclic) bond motifs is 1. The molecule has 1 aliphatic heterocycles. The zero-order chi connectivity index (χ0) is 15.6. The Kier molecular flexibility index (Phi) is 3.52. The number of ether oxygens (including phenoxy) is 1. The number of benzene rings is 1. The van der Waals surface area contributed by atoms with Gasteiger partial charge in [0.1, 0.15) is 6.33 Å². The summed E-state index contributed by atoms with van der Waals surface area (Å²) in [5, 5.41) is 13.3. The van der Waals surface area contributed by atoms with Gasteiger partial charge in [-0.05, 0) is 42.7 Å². The summed E-state index contributed by atoms with van der Waals surface area (Å²) in [5.74, 6) is 0.683. The molecule has 5 nitrogen and oxygen atoms in total. The molecule has 0 aliphatic carbocycles. The van der Waals surface area contributed by atoms with E-state index in [0.717, 1.165) is 43.0 Å². The fraction of sp³-hybridized carbons (Fsp3) is 0.278. The molecule has 0 atom stereocenters. The molecule has 0 N–H and O–H groups in total. The molecule has 5 heteroatoms. The molecular weight excluding hydrogens is 288 g/mol. The molecule has 4 rings (SSSR count). The molecule has 1 aliphatic rings. The maximum absolute atomic E-state index is 8.94. The largest absolute Gasteiger partial charge is 0.381 e. The highest BCUT2D eigenvalue weighted by molar-refractivity contribution is 5.65. The Hall–Kier alpha value is -2.71. The lowest BCUT2D eigenvalue weighted by Crippen LogP contribution is -2.27. The van der Waals surface area contributed by atoms with Crippen molar-refractivity contribution >= 4 is 5.65 Å². The molecule has 0 spiro atoms. The van der Waals surface area contributed by atoms with Gasteiger partial charge < -0.3 is 4.74 Å². The van der Waals surface area contributed by atoms with Gasteiger partial charge >= 0.3 is 0 Å². The van der Waals surface area contributed by atoms with Crippen molar-refractivity contribution in [1.29, 1.82) is 5.26 Å². The van der Waals surface area contributed by atoms with Crippen LogP contribution in [-0.4, -0.2) is 27.8 Å². The monoisotopic (exact) mass is 304 g/mol. The summed E-state index contributed by atoms with van der Waals surface area (Å²) >= 11 is 0. The van der Waals surface area contributed by atoms with Crippen molar-refractivity contribution in [3.8, 4) is 17.3 Å². The Balaban J connectivity index is 1.70. The van der Waals surface area contributed by atoms with Crippen LogP contribution < -0.4 is 0 Å². The SMILES string of the molecule is N#Cc1ccc(-c2cc(CCC3COC3)cc3ncnn23)cc1. The zero-order valence-corrected chi connectivity index (χ0v) is 12.6. The van der Waals surface area contributed by atoms with E-state index in [2.05, 4.69) is 28.3 Å². The van der Waals surface area contributed by atoms with Crippen LogP contribution in [0.5, 0.6) is 0 Å². The van der Waals surface area contributed by atoms with Crippen molar-refractivity contribution in [2.75, 3.05) is 13.2 Å². The van der Waals surface area contributed by atoms with E-state index in [1.165, 1.54) is 5.56 Å². The summed E-state index contributed by atoms with van der Waals surface area (Å²) in [6.45, 7) is 1.77. The Morgan fingerprint density at radius 1 is 1.22 bits per heavy atom. The molecule has 23 heavy (non-hydrogen) atoms. The zero-order valence-electron chi connectivity index (χ0n) is 12.6. The van der Waals surface area contributed by atoms with Crippen LogP contribution in [0.2, 0.25) is 0 Å². The van der Waals surface area contributed by atoms with E-state index in [1.807, 2.05) is 28.8 Å². The molecule has 114 valence electrons. The van der Waals surface area contributed by atoms with Gasteiger partial charge in [0.05, 0.1) is 30.5 Å². The van der Waals surface area contributed by atoms with Crippen LogP contribution in [-0.2, 0) is 11.2 Å². The maximum Gasteiger partial charge on any atom is 0.156 e. The van der Waals surface area contributed by atoms with Crippen LogP contribution in [0.4, 0.5) is 0 Å². The minimum atomic E-state index is 0.657. The summed E-state index contributed by atoms with van der Waals surface area (Å²) in [4.78, 5) is 4.34. The Bertz CT molecular complexity index is 872. The molecule has 0 saturated carbocycles. The Morgan fingerprint density at radius 2 is 2.04 bits per heavy atom. The van der Waals surface area contributed by atoms with Crippen LogP contribution in [0.25, 0.3) is 16.9 Å². The van der Waals surface area contributed by atoms with E-state index in [1.54, 1.807) is 6.33 Å². The van der Waals surface area contributed by atoms with Gasteiger partial charge in [-0.15, -0.1) is 0 Å². The normalized spacial score (nSPS) is 14.6. The first kappa shape index (κ1) is 13.9. The average molecular weight is 304 g/mol. The van der Waals surface area contributed by atoms with Crippen molar-refractivity contribution in [1.82, 2.24) is 14.6 Å². The number of aromatic nitrogens is 3. The van der Waals surface area contributed by atoms with Gasteiger partial charge in [-0.1, -0.05) is 12.1 Å². The molecular formula is C18H16N4O. The van der Waals surface area contributed by atoms with Crippen molar-refractivity contribution < 1.29 is 4.74 Å². The molecule has 0 bridgehead atoms. The summed E-state index contributed by atoms with van der Waals surface area (Å²) in [5.41, 5.74) is 4.81. The minimum Gasteiger partial charge on any atom is -0.381 e. The standard InChI is InChI=1S/C18H16N4O/c19-9-13-3-5-16(6-4-13)17-7-14(1-2-15-10-23-11-15)8-18-20-12-21-22(17)18/h3-8,12,15H,1-2,10-11H2. The van der Waals surface area contributed by atoms with Gasteiger partial charge in [-0.3, -0.25) is 0 Å². The first-order valence-electron chi connectivity index (χ1n) is 7.74. The van der Waals surface area contributed by atoms with Gasteiger partial charge in [-0.25, -0.2) is 9.50 Å². The van der Waals surface area contributed by atoms with E-state index >= 15 is 0 Å². The van der Waals surface area contributed by atoms with Crippen LogP contribution in [0.1, 0.15) is 17.5 Å². The third-order valence-corrected chi connectivity index (χ3v) is 4.30. The first-order valence-corrected chi connectivity index (χ1v) is 7.74. The van der Waals surface area contributed by atoms with Crippen LogP contribution in [0, 0.1) is 17.2 Å². The summed E-state index contributed by atoms with van der Waals surface area (Å²) < 4.78 is 7.09. The third-order valence-electron chi connectivity index (χ3n) is 4.30. The molecule has 3 heterocycles. The number of nitrogens with zero attached hydrogens (tertiary/aromatic N) is 4. The van der Waals surface area contributed by atoms with E-state index in [0.29, 0.717) is 11.5 Å². The second-order valence-corrected chi connectivity index (χ2v) is 5.91. The summed E-state index contributed by atoms with van der Waals surface area (Å²) in [6, 6.07) is 14.0. The highest BCUT2D eigenvalue weighted by Crippen LogP contribution is 2.24. The molecule has 0 amide bonds. The topological polar surface area (TPSA) is 63.2 Å². The summed E-state index contributed by atoms with van der Waals surface area (Å²) in [6.07, 6.45) is 3.73. The number of hydrogen-bond acceptors (Lipinski definition) is 4. The van der Waals surface area contributed by atoms with Crippen molar-refractivity contribution in [3.63, 3.8) is 0 Å². The molecule has 2 aromatic heterocycles. The lowest BCUT2D eigenvalue weighted by molar-refractivity contribution is -0.0352. The molecule has 1 saturated heterocycles. The maximum atomic E-state index is 8.94. The van der Waals surface area contributed by atoms with E-state index in [4.69, 9.17) is 10.00 Å². The van der Waals surface area contributed by atoms with Gasteiger partial charge in [0, 0.05) is 11.5 Å².